The fourth-order valence-corrected chi connectivity index (χ4v) is 15.6. The predicted octanol–water partition coefficient (Wildman–Crippen LogP) is 1.34. The van der Waals surface area contributed by atoms with E-state index in [2.05, 4.69) is 63.7 Å². The highest BCUT2D eigenvalue weighted by Gasteiger charge is 2.52. The molecule has 11 bridgehead atoms. The summed E-state index contributed by atoms with van der Waals surface area (Å²) < 4.78 is 40.6. The highest BCUT2D eigenvalue weighted by molar-refractivity contribution is 6.42. The van der Waals surface area contributed by atoms with Gasteiger partial charge in [-0.2, -0.15) is 4.98 Å². The van der Waals surface area contributed by atoms with Gasteiger partial charge in [0.25, 0.3) is 0 Å². The number of hydrazine groups is 1. The van der Waals surface area contributed by atoms with Crippen molar-refractivity contribution in [1.82, 2.24) is 62.9 Å². The number of hydrogen-bond donors (Lipinski definition) is 23. The van der Waals surface area contributed by atoms with E-state index >= 15 is 24.0 Å². The van der Waals surface area contributed by atoms with Gasteiger partial charge in [-0.25, -0.2) is 10.2 Å². The number of aromatic nitrogens is 2. The second-order valence-electron chi connectivity index (χ2n) is 30.7. The lowest BCUT2D eigenvalue weighted by Gasteiger charge is -2.48. The molecule has 8 amide bonds. The molecule has 2 saturated heterocycles. The van der Waals surface area contributed by atoms with Crippen LogP contribution in [0.3, 0.4) is 0 Å². The van der Waals surface area contributed by atoms with Gasteiger partial charge >= 0.3 is 5.69 Å². The van der Waals surface area contributed by atoms with Crippen molar-refractivity contribution in [3.8, 4) is 57.1 Å². The number of aliphatic hydroxyl groups excluding tert-OH is 6. The van der Waals surface area contributed by atoms with Crippen LogP contribution in [0.1, 0.15) is 111 Å². The minimum atomic E-state index is -2.38. The van der Waals surface area contributed by atoms with Gasteiger partial charge in [-0.1, -0.05) is 84.5 Å². The minimum absolute atomic E-state index is 0.0366. The number of primary amides is 1. The number of aliphatic hydroxyl groups is 6. The first-order chi connectivity index (χ1) is 58.8. The van der Waals surface area contributed by atoms with Gasteiger partial charge in [-0.05, 0) is 134 Å². The standard InChI is InChI=1S/C80H90Cl4N16O24/c1-31(2)18-45(88-5)71(112)95-61-63(107)35-8-12-49(43(83)22-35)120-51-24-37-25-52(67(51)124-77-68(66(110)65(109)53(30-101)122-77)123-57-29-80(4,69(111)32(3)119-57)89-15-17-100-16-14-55(92-79(100)118)91-56(106)20-33-6-10-41(81)42(82)19-33)121-50-13-9-36(23-44(50)84)64(108)62-76(117)97-70(98-99-78(86)87)40-26-38(102)27-48(104)58(40)39-21-34(7-11-47(39)103)59(73(114)96-62)94-74(115)60(37)93-72(113)46(28-54(85)105)90-75(61)116/h6-14,16,19,21-27,31-32,45-46,53,57,59-66,68-70,77,88-89,98,101-104,107-111H,15,17-18,20,28-30H2,1-5H3,(H2,85,105)(H,90,116)(H,93,113)(H,94,115)(H,95,112)(H,96,114)(H,97,117)(H4,86,87,99)(H,91,92,106,118)/t32-,45+,46-,53+,57-,59+,60+,61+,62-,63+,64+,65+,66-,68+,69+,70-,77-,80-/m0/s1. The zero-order valence-corrected chi connectivity index (χ0v) is 69.5. The number of nitrogens with one attached hydrogen (secondary N) is 12. The number of rotatable bonds is 21. The van der Waals surface area contributed by atoms with Gasteiger partial charge in [0.2, 0.25) is 59.3 Å². The number of phenols is 3. The number of benzene rings is 6. The van der Waals surface area contributed by atoms with Gasteiger partial charge in [0.15, 0.2) is 29.9 Å². The molecule has 0 spiro atoms. The first-order valence-electron chi connectivity index (χ1n) is 38.6. The Hall–Kier alpha value is -11.3. The van der Waals surface area contributed by atoms with Gasteiger partial charge in [0, 0.05) is 54.0 Å². The van der Waals surface area contributed by atoms with Crippen molar-refractivity contribution in [2.45, 2.75) is 169 Å². The van der Waals surface area contributed by atoms with Crippen LogP contribution in [-0.4, -0.2) is 208 Å². The fraction of sp³-hybridized carbons (Fsp3) is 0.388. The number of amides is 8. The number of carbonyl (C=O) groups excluding carboxylic acids is 8. The Morgan fingerprint density at radius 1 is 0.710 bits per heavy atom. The van der Waals surface area contributed by atoms with Crippen molar-refractivity contribution >= 4 is 105 Å². The van der Waals surface area contributed by atoms with Crippen LogP contribution in [0.5, 0.6) is 46.0 Å². The molecule has 0 aliphatic carbocycles. The molecule has 14 rings (SSSR count). The number of anilines is 1. The van der Waals surface area contributed by atoms with Gasteiger partial charge < -0.3 is 134 Å². The third-order valence-corrected chi connectivity index (χ3v) is 22.5. The number of hydrogen-bond acceptors (Lipinski definition) is 29. The molecule has 662 valence electrons. The van der Waals surface area contributed by atoms with Crippen molar-refractivity contribution in [3.05, 3.63) is 173 Å². The summed E-state index contributed by atoms with van der Waals surface area (Å²) in [5.41, 5.74) is 12.5. The topological polar surface area (TPSA) is 617 Å². The number of fused-ring (bicyclic) bond motifs is 15. The summed E-state index contributed by atoms with van der Waals surface area (Å²) in [5.74, 6) is -15.2. The van der Waals surface area contributed by atoms with Crippen LogP contribution >= 0.6 is 46.4 Å². The number of likely N-dealkylation sites (N-methyl/N-ethyl adjacent to an activating group) is 1. The van der Waals surface area contributed by atoms with Crippen LogP contribution in [0.2, 0.25) is 20.1 Å². The summed E-state index contributed by atoms with van der Waals surface area (Å²) in [7, 11) is 1.47. The molecule has 0 saturated carbocycles. The second kappa shape index (κ2) is 38.9. The lowest BCUT2D eigenvalue weighted by Crippen LogP contribution is -2.65. The number of aromatic hydroxyl groups is 3. The van der Waals surface area contributed by atoms with Crippen LogP contribution in [0.15, 0.2) is 114 Å². The van der Waals surface area contributed by atoms with E-state index in [4.69, 9.17) is 91.7 Å². The molecule has 18 atom stereocenters. The summed E-state index contributed by atoms with van der Waals surface area (Å²) in [4.78, 5) is 136. The quantitative estimate of drug-likeness (QED) is 0.0274. The van der Waals surface area contributed by atoms with Gasteiger partial charge in [-0.3, -0.25) is 53.8 Å². The number of phenolic OH excluding ortho intramolecular Hbond substituents is 3. The van der Waals surface area contributed by atoms with Gasteiger partial charge in [0.1, 0.15) is 101 Å². The lowest BCUT2D eigenvalue weighted by molar-refractivity contribution is -0.334. The molecule has 7 aliphatic rings. The molecule has 124 heavy (non-hydrogen) atoms. The molecule has 7 aliphatic heterocycles. The summed E-state index contributed by atoms with van der Waals surface area (Å²) >= 11 is 26.5. The minimum Gasteiger partial charge on any atom is -0.508 e. The predicted molar refractivity (Wildman–Crippen MR) is 441 cm³/mol. The molecule has 6 aromatic carbocycles. The Balaban J connectivity index is 0.995. The Morgan fingerprint density at radius 3 is 1.99 bits per heavy atom. The molecular weight excluding hydrogens is 1710 g/mol. The Kier molecular flexibility index (Phi) is 28.8. The van der Waals surface area contributed by atoms with Crippen LogP contribution < -0.4 is 90.1 Å². The Labute approximate surface area is 725 Å². The highest BCUT2D eigenvalue weighted by Crippen LogP contribution is 2.50. The molecule has 1 aromatic heterocycles. The zero-order valence-electron chi connectivity index (χ0n) is 66.4. The third kappa shape index (κ3) is 20.9. The van der Waals surface area contributed by atoms with E-state index in [1.807, 2.05) is 13.8 Å². The van der Waals surface area contributed by atoms with E-state index in [9.17, 15) is 65.1 Å². The SMILES string of the molecule is CN[C@H](CC(C)C)C(=O)N[C@H]1C(=O)N[C@@H](CC(N)=O)C(=O)N[C@H]2C(=O)N[C@H]3C(=O)N[C@H](C(=O)N[C@@H](NNC(=N)N)c4cc(O)cc(O)c4-c4cc3ccc4O)[C@H](O)c3ccc(c(Cl)c3)Oc3cc2cc(c3O[C@@H]2O[C@H](CO)[C@@H](O)[C@H](O)[C@H]2O[C@H]2C[C@](C)(NCCn3ccc(NC(=O)Cc4ccc(Cl)c(Cl)c4)nc3=O)[C@H](O)[C@H](C)O2)Oc2ccc(cc2Cl)[C@H]1O. The zero-order chi connectivity index (χ0) is 89.8. The number of ether oxygens (including phenoxy) is 6. The lowest BCUT2D eigenvalue weighted by atomic mass is 9.85. The van der Waals surface area contributed by atoms with E-state index in [0.29, 0.717) is 10.6 Å². The maximum absolute atomic E-state index is 16.3. The first kappa shape index (κ1) is 91.9. The van der Waals surface area contributed by atoms with Crippen molar-refractivity contribution < 1.29 is 113 Å². The summed E-state index contributed by atoms with van der Waals surface area (Å²) in [6.07, 6.45) is -19.9. The molecule has 0 unspecified atom stereocenters. The molecule has 7 aromatic rings. The maximum atomic E-state index is 16.3. The molecule has 40 nitrogen and oxygen atoms in total. The van der Waals surface area contributed by atoms with Crippen LogP contribution in [0.4, 0.5) is 5.82 Å². The molecular formula is C80H90Cl4N16O24. The average Bonchev–Trinajstić information content (AvgIpc) is 0.765. The Bertz CT molecular complexity index is 5350. The van der Waals surface area contributed by atoms with Crippen molar-refractivity contribution in [2.75, 3.05) is 25.5 Å². The largest absolute Gasteiger partial charge is 0.508 e. The number of nitrogens with two attached hydrogens (primary N) is 2. The molecule has 44 heteroatoms. The van der Waals surface area contributed by atoms with Gasteiger partial charge in [0.05, 0.1) is 57.8 Å². The first-order valence-corrected chi connectivity index (χ1v) is 40.2. The van der Waals surface area contributed by atoms with Crippen LogP contribution in [0, 0.1) is 11.3 Å². The van der Waals surface area contributed by atoms with Crippen molar-refractivity contribution in [2.24, 2.45) is 17.4 Å². The van der Waals surface area contributed by atoms with E-state index in [1.54, 1.807) is 13.0 Å². The number of guanidine groups is 1. The van der Waals surface area contributed by atoms with E-state index < -0.39 is 232 Å². The molecule has 8 heterocycles. The smallest absolute Gasteiger partial charge is 0.349 e. The number of nitrogens with zero attached hydrogens (tertiary/aromatic N) is 2. The number of carbonyl (C=O) groups is 8. The monoisotopic (exact) mass is 1800 g/mol. The summed E-state index contributed by atoms with van der Waals surface area (Å²) in [6.45, 7) is 5.61. The fourth-order valence-electron chi connectivity index (χ4n) is 14.9. The van der Waals surface area contributed by atoms with Crippen molar-refractivity contribution in [3.63, 3.8) is 0 Å². The van der Waals surface area contributed by atoms with Crippen molar-refractivity contribution in [1.29, 1.82) is 5.41 Å². The average molecular weight is 1800 g/mol. The number of halogens is 4. The molecule has 2 fully saturated rings. The van der Waals surface area contributed by atoms with Gasteiger partial charge in [-0.15, -0.1) is 0 Å². The maximum Gasteiger partial charge on any atom is 0.349 e. The highest BCUT2D eigenvalue weighted by atomic mass is 35.5. The third-order valence-electron chi connectivity index (χ3n) is 21.2. The van der Waals surface area contributed by atoms with E-state index in [0.717, 1.165) is 60.7 Å². The second-order valence-corrected chi connectivity index (χ2v) is 32.3. The van der Waals surface area contributed by atoms with E-state index in [-0.39, 0.29) is 93.3 Å². The summed E-state index contributed by atoms with van der Waals surface area (Å²) in [5, 5.41) is 138. The van der Waals surface area contributed by atoms with Crippen LogP contribution in [0.25, 0.3) is 11.1 Å². The van der Waals surface area contributed by atoms with Crippen LogP contribution in [-0.2, 0) is 65.5 Å². The summed E-state index contributed by atoms with van der Waals surface area (Å²) in [6, 6.07) is 8.15. The normalized spacial score (nSPS) is 26.0. The molecule has 25 N–H and O–H groups in total. The Morgan fingerprint density at radius 2 is 1.36 bits per heavy atom. The van der Waals surface area contributed by atoms with E-state index in [1.165, 1.54) is 61.1 Å². The molecule has 0 radical (unpaired) electrons.